The van der Waals surface area contributed by atoms with Crippen LogP contribution in [0.25, 0.3) is 22.3 Å². The fourth-order valence-electron chi connectivity index (χ4n) is 5.70. The number of halogens is 1. The summed E-state index contributed by atoms with van der Waals surface area (Å²) in [7, 11) is 0. The molecule has 1 saturated carbocycles. The van der Waals surface area contributed by atoms with Crippen LogP contribution in [0.3, 0.4) is 0 Å². The van der Waals surface area contributed by atoms with Gasteiger partial charge in [-0.25, -0.2) is 43.4 Å². The van der Waals surface area contributed by atoms with Crippen molar-refractivity contribution in [1.82, 2.24) is 39.0 Å². The van der Waals surface area contributed by atoms with E-state index in [2.05, 4.69) is 54.4 Å². The second-order valence-electron chi connectivity index (χ2n) is 10.3. The van der Waals surface area contributed by atoms with Crippen LogP contribution in [-0.2, 0) is 32.0 Å². The van der Waals surface area contributed by atoms with Gasteiger partial charge in [-0.3, -0.25) is 18.1 Å². The van der Waals surface area contributed by atoms with Gasteiger partial charge in [0.05, 0.1) is 31.9 Å². The molecule has 6 heterocycles. The summed E-state index contributed by atoms with van der Waals surface area (Å²) in [5.74, 6) is -0.430. The van der Waals surface area contributed by atoms with Crippen molar-refractivity contribution < 1.29 is 36.4 Å². The first-order chi connectivity index (χ1) is 20.5. The van der Waals surface area contributed by atoms with Gasteiger partial charge in [0.2, 0.25) is 0 Å². The van der Waals surface area contributed by atoms with Crippen molar-refractivity contribution in [3.8, 4) is 0 Å². The highest BCUT2D eigenvalue weighted by Crippen LogP contribution is 2.61. The molecule has 9 atom stereocenters. The number of nitrogen functional groups attached to an aromatic ring is 2. The molecule has 0 spiro atoms. The number of imidazole rings is 2. The first kappa shape index (κ1) is 29.3. The number of ether oxygens (including phenoxy) is 1. The molecule has 3 fully saturated rings. The lowest BCUT2D eigenvalue weighted by atomic mass is 10.1. The van der Waals surface area contributed by atoms with Gasteiger partial charge >= 0.3 is 13.6 Å². The average molecular weight is 675 g/mol. The maximum atomic E-state index is 16.1. The molecule has 22 heteroatoms. The molecule has 230 valence electrons. The molecule has 0 amide bonds. The second-order valence-corrected chi connectivity index (χ2v) is 16.0. The Morgan fingerprint density at radius 2 is 1.42 bits per heavy atom. The molecule has 17 nitrogen and oxygen atoms in total. The zero-order valence-corrected chi connectivity index (χ0v) is 25.5. The molecule has 0 radical (unpaired) electrons. The van der Waals surface area contributed by atoms with Gasteiger partial charge in [0.15, 0.2) is 22.9 Å². The molecule has 0 bridgehead atoms. The zero-order valence-electron chi connectivity index (χ0n) is 21.9. The van der Waals surface area contributed by atoms with Gasteiger partial charge in [0.1, 0.15) is 54.4 Å². The quantitative estimate of drug-likeness (QED) is 0.177. The Hall–Kier alpha value is -2.41. The van der Waals surface area contributed by atoms with Crippen LogP contribution in [0.5, 0.6) is 0 Å². The summed E-state index contributed by atoms with van der Waals surface area (Å²) in [5, 5.41) is 0. The number of rotatable bonds is 2. The molecular weight excluding hydrogens is 649 g/mol. The van der Waals surface area contributed by atoms with Crippen molar-refractivity contribution in [3.63, 3.8) is 0 Å². The van der Waals surface area contributed by atoms with E-state index in [1.807, 2.05) is 0 Å². The van der Waals surface area contributed by atoms with E-state index in [9.17, 15) is 9.13 Å². The SMILES string of the molecule is Nc1ncnc2c1ncn2[C@@H]1C[C@@H]2COP(=O)(S)OC3C[C@H](n4cnc5c(N)ncnc54)O[C@@H]3COP(=O)(S)O[C@@H]2C1F. The van der Waals surface area contributed by atoms with E-state index in [0.717, 1.165) is 0 Å². The summed E-state index contributed by atoms with van der Waals surface area (Å²) in [6.45, 7) is -8.86. The van der Waals surface area contributed by atoms with E-state index in [4.69, 9.17) is 34.3 Å². The van der Waals surface area contributed by atoms with Crippen LogP contribution in [0, 0.1) is 5.92 Å². The molecule has 0 aromatic carbocycles. The van der Waals surface area contributed by atoms with Crippen molar-refractivity contribution in [1.29, 1.82) is 0 Å². The van der Waals surface area contributed by atoms with Crippen LogP contribution in [0.15, 0.2) is 25.3 Å². The highest BCUT2D eigenvalue weighted by Gasteiger charge is 2.51. The Balaban J connectivity index is 1.15. The summed E-state index contributed by atoms with van der Waals surface area (Å²) in [5.41, 5.74) is 13.2. The van der Waals surface area contributed by atoms with Crippen LogP contribution < -0.4 is 11.5 Å². The van der Waals surface area contributed by atoms with Crippen molar-refractivity contribution in [2.75, 3.05) is 24.7 Å². The van der Waals surface area contributed by atoms with Gasteiger partial charge in [-0.2, -0.15) is 0 Å². The first-order valence-electron chi connectivity index (χ1n) is 13.0. The minimum Gasteiger partial charge on any atom is -0.382 e. The Morgan fingerprint density at radius 3 is 2.12 bits per heavy atom. The average Bonchev–Trinajstić information content (AvgIpc) is 3.72. The number of alkyl halides is 1. The summed E-state index contributed by atoms with van der Waals surface area (Å²) in [4.78, 5) is 24.7. The van der Waals surface area contributed by atoms with E-state index < -0.39 is 56.3 Å². The number of nitrogens with zero attached hydrogens (tertiary/aromatic N) is 8. The largest absolute Gasteiger partial charge is 0.386 e. The molecule has 2 aliphatic heterocycles. The zero-order chi connectivity index (χ0) is 30.1. The maximum Gasteiger partial charge on any atom is 0.386 e. The number of anilines is 2. The fraction of sp³-hybridized carbons (Fsp3) is 0.524. The predicted molar refractivity (Wildman–Crippen MR) is 155 cm³/mol. The van der Waals surface area contributed by atoms with Gasteiger partial charge < -0.3 is 25.3 Å². The lowest BCUT2D eigenvalue weighted by Crippen LogP contribution is -2.32. The summed E-state index contributed by atoms with van der Waals surface area (Å²) >= 11 is 8.29. The number of thiol groups is 2. The highest BCUT2D eigenvalue weighted by molar-refractivity contribution is 8.44. The van der Waals surface area contributed by atoms with Crippen LogP contribution >= 0.6 is 38.1 Å². The van der Waals surface area contributed by atoms with E-state index in [1.54, 1.807) is 4.57 Å². The summed E-state index contributed by atoms with van der Waals surface area (Å²) in [6, 6.07) is -0.872. The molecule has 4 aromatic heterocycles. The van der Waals surface area contributed by atoms with E-state index in [-0.39, 0.29) is 37.7 Å². The van der Waals surface area contributed by atoms with Gasteiger partial charge in [-0.05, 0) is 6.42 Å². The van der Waals surface area contributed by atoms with E-state index >= 15 is 4.39 Å². The third-order valence-corrected chi connectivity index (χ3v) is 10.9. The molecule has 2 saturated heterocycles. The van der Waals surface area contributed by atoms with E-state index in [1.165, 1.54) is 29.9 Å². The lowest BCUT2D eigenvalue weighted by molar-refractivity contribution is -0.0422. The van der Waals surface area contributed by atoms with Crippen molar-refractivity contribution in [3.05, 3.63) is 25.3 Å². The van der Waals surface area contributed by atoms with Crippen LogP contribution in [0.2, 0.25) is 0 Å². The third kappa shape index (κ3) is 5.42. The van der Waals surface area contributed by atoms with Crippen molar-refractivity contribution >= 4 is 72.1 Å². The molecule has 4 N–H and O–H groups in total. The monoisotopic (exact) mass is 674 g/mol. The Kier molecular flexibility index (Phi) is 7.42. The number of aromatic nitrogens is 8. The lowest BCUT2D eigenvalue weighted by Gasteiger charge is -2.28. The van der Waals surface area contributed by atoms with Gasteiger partial charge in [-0.1, -0.05) is 24.5 Å². The second kappa shape index (κ2) is 10.9. The topological polar surface area (TPSA) is 220 Å². The number of hydrogen-bond acceptors (Lipinski definition) is 15. The fourth-order valence-corrected chi connectivity index (χ4v) is 8.78. The minimum atomic E-state index is -4.16. The standard InChI is InChI=1S/C21H25FN10O7P2S2/c22-14-10(31-7-29-15-18(23)25-5-27-20(15)31)1-9-3-35-40(33,42)38-11-2-13(32-8-30-16-19(24)26-6-28-21(16)32)37-12(11)4-36-41(34,43)39-17(9)14/h5-14,17H,1-4H2,(H,33,42)(H,34,43)(H2,23,25,27)(H2,24,26,28)/t9-,10-,11?,12-,13-,14?,17+,40?,41?/m1/s1. The van der Waals surface area contributed by atoms with Crippen LogP contribution in [0.1, 0.15) is 25.1 Å². The molecule has 43 heavy (non-hydrogen) atoms. The number of nitrogens with two attached hydrogens (primary N) is 2. The predicted octanol–water partition coefficient (Wildman–Crippen LogP) is 2.91. The summed E-state index contributed by atoms with van der Waals surface area (Å²) in [6.07, 6.45) is 0.0657. The Labute approximate surface area is 252 Å². The molecule has 7 rings (SSSR count). The molecule has 4 aromatic rings. The van der Waals surface area contributed by atoms with Crippen LogP contribution in [-0.4, -0.2) is 76.7 Å². The molecule has 4 unspecified atom stereocenters. The Morgan fingerprint density at radius 1 is 0.814 bits per heavy atom. The molecule has 3 aliphatic rings. The van der Waals surface area contributed by atoms with Gasteiger partial charge in [-0.15, -0.1) is 0 Å². The maximum absolute atomic E-state index is 16.1. The first-order valence-corrected chi connectivity index (χ1v) is 18.4. The van der Waals surface area contributed by atoms with E-state index in [0.29, 0.717) is 22.3 Å². The van der Waals surface area contributed by atoms with Crippen molar-refractivity contribution in [2.24, 2.45) is 5.92 Å². The number of fused-ring (bicyclic) bond motifs is 4. The smallest absolute Gasteiger partial charge is 0.382 e. The normalized spacial score (nSPS) is 37.1. The minimum absolute atomic E-state index is 0.110. The van der Waals surface area contributed by atoms with Gasteiger partial charge in [0, 0.05) is 12.3 Å². The van der Waals surface area contributed by atoms with Crippen LogP contribution in [0.4, 0.5) is 16.0 Å². The Bertz CT molecular complexity index is 1800. The summed E-state index contributed by atoms with van der Waals surface area (Å²) < 4.78 is 74.8. The van der Waals surface area contributed by atoms with Gasteiger partial charge in [0.25, 0.3) is 0 Å². The van der Waals surface area contributed by atoms with Crippen molar-refractivity contribution in [2.45, 2.75) is 49.6 Å². The molecular formula is C21H25FN10O7P2S2. The third-order valence-electron chi connectivity index (χ3n) is 7.69. The highest BCUT2D eigenvalue weighted by atomic mass is 32.7. The molecule has 1 aliphatic carbocycles. The number of hydrogen-bond donors (Lipinski definition) is 4.